The van der Waals surface area contributed by atoms with Crippen molar-refractivity contribution >= 4 is 12.6 Å². The summed E-state index contributed by atoms with van der Waals surface area (Å²) in [6.07, 6.45) is 2.28. The summed E-state index contributed by atoms with van der Waals surface area (Å²) in [7, 11) is 0. The highest BCUT2D eigenvalue weighted by molar-refractivity contribution is 5.79. The highest BCUT2D eigenvalue weighted by Crippen LogP contribution is 2.06. The van der Waals surface area contributed by atoms with Crippen LogP contribution in [0.1, 0.15) is 12.8 Å². The number of likely N-dealkylation sites (tertiary alicyclic amines) is 1. The maximum absolute atomic E-state index is 11.0. The molecule has 3 heteroatoms. The van der Waals surface area contributed by atoms with E-state index in [1.165, 1.54) is 0 Å². The van der Waals surface area contributed by atoms with E-state index in [9.17, 15) is 4.79 Å². The first-order valence-corrected chi connectivity index (χ1v) is 3.55. The first-order chi connectivity index (χ1) is 4.84. The maximum atomic E-state index is 11.0. The third-order valence-electron chi connectivity index (χ3n) is 1.71. The molecule has 0 spiro atoms. The fourth-order valence-electron chi connectivity index (χ4n) is 1.16. The molecule has 1 fully saturated rings. The van der Waals surface area contributed by atoms with Gasteiger partial charge in [-0.25, -0.2) is 0 Å². The number of aliphatic imine (C=N–C) groups is 1. The summed E-state index contributed by atoms with van der Waals surface area (Å²) in [5, 5.41) is 0. The summed E-state index contributed by atoms with van der Waals surface area (Å²) in [4.78, 5) is 16.4. The number of carbonyl (C=O) groups is 1. The first kappa shape index (κ1) is 7.25. The number of amides is 1. The summed E-state index contributed by atoms with van der Waals surface area (Å²) in [6, 6.07) is 0. The molecule has 1 rings (SSSR count). The molecular weight excluding hydrogens is 128 g/mol. The van der Waals surface area contributed by atoms with Crippen LogP contribution in [0, 0.1) is 0 Å². The van der Waals surface area contributed by atoms with Gasteiger partial charge < -0.3 is 4.90 Å². The zero-order valence-corrected chi connectivity index (χ0v) is 6.05. The summed E-state index contributed by atoms with van der Waals surface area (Å²) in [5.74, 6) is 0.118. The Bertz CT molecular complexity index is 139. The largest absolute Gasteiger partial charge is 0.341 e. The molecule has 1 amide bonds. The van der Waals surface area contributed by atoms with Crippen LogP contribution in [0.15, 0.2) is 4.99 Å². The van der Waals surface area contributed by atoms with Gasteiger partial charge in [0.25, 0.3) is 0 Å². The van der Waals surface area contributed by atoms with Crippen LogP contribution in [0.2, 0.25) is 0 Å². The van der Waals surface area contributed by atoms with Crippen molar-refractivity contribution in [1.29, 1.82) is 0 Å². The lowest BCUT2D eigenvalue weighted by molar-refractivity contribution is -0.128. The Labute approximate surface area is 60.7 Å². The highest BCUT2D eigenvalue weighted by atomic mass is 16.2. The van der Waals surface area contributed by atoms with E-state index in [0.29, 0.717) is 0 Å². The summed E-state index contributed by atoms with van der Waals surface area (Å²) >= 11 is 0. The van der Waals surface area contributed by atoms with Crippen molar-refractivity contribution in [3.8, 4) is 0 Å². The molecule has 1 aliphatic rings. The van der Waals surface area contributed by atoms with E-state index in [-0.39, 0.29) is 12.5 Å². The summed E-state index contributed by atoms with van der Waals surface area (Å²) in [5.41, 5.74) is 0. The smallest absolute Gasteiger partial charge is 0.244 e. The predicted molar refractivity (Wildman–Crippen MR) is 40.2 cm³/mol. The maximum Gasteiger partial charge on any atom is 0.244 e. The molecule has 0 unspecified atom stereocenters. The molecule has 0 aliphatic carbocycles. The van der Waals surface area contributed by atoms with Crippen LogP contribution in [-0.4, -0.2) is 37.2 Å². The van der Waals surface area contributed by atoms with Crippen LogP contribution in [0.4, 0.5) is 0 Å². The molecule has 0 N–H and O–H groups in total. The zero-order valence-electron chi connectivity index (χ0n) is 6.05. The van der Waals surface area contributed by atoms with E-state index in [0.717, 1.165) is 25.9 Å². The van der Waals surface area contributed by atoms with Crippen molar-refractivity contribution in [3.63, 3.8) is 0 Å². The molecule has 1 aliphatic heterocycles. The van der Waals surface area contributed by atoms with Crippen LogP contribution in [0.25, 0.3) is 0 Å². The molecule has 10 heavy (non-hydrogen) atoms. The quantitative estimate of drug-likeness (QED) is 0.508. The first-order valence-electron chi connectivity index (χ1n) is 3.55. The minimum Gasteiger partial charge on any atom is -0.341 e. The third kappa shape index (κ3) is 1.56. The Balaban J connectivity index is 2.32. The molecule has 0 aromatic carbocycles. The van der Waals surface area contributed by atoms with E-state index < -0.39 is 0 Å². The standard InChI is InChI=1S/C7H12N2O/c1-8-6-7(10)9-4-2-3-5-9/h1-6H2. The van der Waals surface area contributed by atoms with Gasteiger partial charge in [0.05, 0.1) is 0 Å². The van der Waals surface area contributed by atoms with Crippen LogP contribution in [0.5, 0.6) is 0 Å². The van der Waals surface area contributed by atoms with Gasteiger partial charge in [-0.3, -0.25) is 9.79 Å². The van der Waals surface area contributed by atoms with E-state index in [2.05, 4.69) is 11.7 Å². The number of nitrogens with zero attached hydrogens (tertiary/aromatic N) is 2. The van der Waals surface area contributed by atoms with Gasteiger partial charge in [-0.2, -0.15) is 0 Å². The Morgan fingerprint density at radius 2 is 2.10 bits per heavy atom. The minimum atomic E-state index is 0.118. The molecule has 0 aromatic rings. The average Bonchev–Trinajstić information content (AvgIpc) is 2.38. The van der Waals surface area contributed by atoms with E-state index in [1.54, 1.807) is 0 Å². The van der Waals surface area contributed by atoms with Gasteiger partial charge in [-0.15, -0.1) is 0 Å². The highest BCUT2D eigenvalue weighted by Gasteiger charge is 2.16. The number of hydrogen-bond acceptors (Lipinski definition) is 2. The van der Waals surface area contributed by atoms with Crippen molar-refractivity contribution < 1.29 is 4.79 Å². The second-order valence-electron chi connectivity index (χ2n) is 2.47. The third-order valence-corrected chi connectivity index (χ3v) is 1.71. The number of carbonyl (C=O) groups excluding carboxylic acids is 1. The predicted octanol–water partition coefficient (Wildman–Crippen LogP) is 0.309. The topological polar surface area (TPSA) is 32.7 Å². The molecule has 0 saturated carbocycles. The zero-order chi connectivity index (χ0) is 7.40. The van der Waals surface area contributed by atoms with Crippen LogP contribution >= 0.6 is 0 Å². The van der Waals surface area contributed by atoms with Crippen LogP contribution in [0.3, 0.4) is 0 Å². The van der Waals surface area contributed by atoms with E-state index in [4.69, 9.17) is 0 Å². The van der Waals surface area contributed by atoms with Crippen molar-refractivity contribution in [2.24, 2.45) is 4.99 Å². The van der Waals surface area contributed by atoms with Crippen molar-refractivity contribution in [1.82, 2.24) is 4.90 Å². The van der Waals surface area contributed by atoms with Crippen molar-refractivity contribution in [2.75, 3.05) is 19.6 Å². The summed E-state index contributed by atoms with van der Waals surface area (Å²) in [6.45, 7) is 5.35. The average molecular weight is 140 g/mol. The Morgan fingerprint density at radius 3 is 2.60 bits per heavy atom. The lowest BCUT2D eigenvalue weighted by Gasteiger charge is -2.12. The van der Waals surface area contributed by atoms with Gasteiger partial charge in [0.2, 0.25) is 5.91 Å². The molecule has 0 radical (unpaired) electrons. The van der Waals surface area contributed by atoms with Crippen molar-refractivity contribution in [2.45, 2.75) is 12.8 Å². The monoisotopic (exact) mass is 140 g/mol. The molecule has 1 saturated heterocycles. The molecule has 0 atom stereocenters. The van der Waals surface area contributed by atoms with E-state index >= 15 is 0 Å². The van der Waals surface area contributed by atoms with Gasteiger partial charge in [-0.1, -0.05) is 0 Å². The van der Waals surface area contributed by atoms with Crippen LogP contribution in [-0.2, 0) is 4.79 Å². The lowest BCUT2D eigenvalue weighted by Crippen LogP contribution is -2.29. The van der Waals surface area contributed by atoms with Gasteiger partial charge in [0.15, 0.2) is 0 Å². The second kappa shape index (κ2) is 3.34. The summed E-state index contributed by atoms with van der Waals surface area (Å²) < 4.78 is 0. The second-order valence-corrected chi connectivity index (χ2v) is 2.47. The molecule has 0 bridgehead atoms. The van der Waals surface area contributed by atoms with Gasteiger partial charge in [0, 0.05) is 13.1 Å². The SMILES string of the molecule is C=NCC(=O)N1CCCC1. The fourth-order valence-corrected chi connectivity index (χ4v) is 1.16. The Kier molecular flexibility index (Phi) is 2.42. The van der Waals surface area contributed by atoms with Gasteiger partial charge in [0.1, 0.15) is 6.54 Å². The fraction of sp³-hybridized carbons (Fsp3) is 0.714. The molecule has 0 aromatic heterocycles. The Hall–Kier alpha value is -0.860. The Morgan fingerprint density at radius 1 is 1.50 bits per heavy atom. The lowest BCUT2D eigenvalue weighted by atomic mass is 10.4. The normalized spacial score (nSPS) is 17.4. The molecule has 3 nitrogen and oxygen atoms in total. The molecule has 56 valence electrons. The number of hydrogen-bond donors (Lipinski definition) is 0. The van der Waals surface area contributed by atoms with Crippen LogP contribution < -0.4 is 0 Å². The minimum absolute atomic E-state index is 0.118. The van der Waals surface area contributed by atoms with Crippen molar-refractivity contribution in [3.05, 3.63) is 0 Å². The molecular formula is C7H12N2O. The molecule has 1 heterocycles. The van der Waals surface area contributed by atoms with Gasteiger partial charge in [-0.05, 0) is 19.6 Å². The van der Waals surface area contributed by atoms with E-state index in [1.807, 2.05) is 4.90 Å². The van der Waals surface area contributed by atoms with Gasteiger partial charge >= 0.3 is 0 Å². The number of rotatable bonds is 2.